The van der Waals surface area contributed by atoms with Crippen LogP contribution in [0.5, 0.6) is 11.5 Å². The number of ether oxygens (including phenoxy) is 2. The number of carbonyl (C=O) groups excluding carboxylic acids is 2. The predicted molar refractivity (Wildman–Crippen MR) is 238 cm³/mol. The number of amides is 2. The van der Waals surface area contributed by atoms with Crippen molar-refractivity contribution in [3.8, 4) is 11.5 Å². The summed E-state index contributed by atoms with van der Waals surface area (Å²) in [4.78, 5) is 37.0. The second kappa shape index (κ2) is 18.4. The highest BCUT2D eigenvalue weighted by molar-refractivity contribution is 14.1. The molecule has 0 aliphatic carbocycles. The van der Waals surface area contributed by atoms with Crippen molar-refractivity contribution >= 4 is 83.2 Å². The van der Waals surface area contributed by atoms with Crippen LogP contribution < -0.4 is 29.6 Å². The van der Waals surface area contributed by atoms with Crippen LogP contribution in [0.15, 0.2) is 60.7 Å². The van der Waals surface area contributed by atoms with Gasteiger partial charge in [-0.3, -0.25) is 19.0 Å². The van der Waals surface area contributed by atoms with Gasteiger partial charge in [0.25, 0.3) is 11.8 Å². The molecule has 0 fully saturated rings. The molecule has 2 amide bonds. The van der Waals surface area contributed by atoms with Crippen molar-refractivity contribution in [2.75, 3.05) is 46.8 Å². The van der Waals surface area contributed by atoms with Gasteiger partial charge in [0.2, 0.25) is 20.0 Å². The summed E-state index contributed by atoms with van der Waals surface area (Å²) in [5.74, 6) is -1.57. The first-order valence-corrected chi connectivity index (χ1v) is 22.5. The Balaban J connectivity index is 0.000000311. The van der Waals surface area contributed by atoms with Crippen LogP contribution in [0.25, 0.3) is 0 Å². The molecule has 0 saturated heterocycles. The Labute approximate surface area is 354 Å². The minimum Gasteiger partial charge on any atom is -0.492 e. The molecule has 0 aromatic heterocycles. The van der Waals surface area contributed by atoms with Gasteiger partial charge in [0.1, 0.15) is 0 Å². The molecular formula is C41H51IN4O10S2. The van der Waals surface area contributed by atoms with Gasteiger partial charge in [0, 0.05) is 14.7 Å². The molecule has 4 aromatic rings. The number of hydrogen-bond acceptors (Lipinski definition) is 9. The molecule has 5 N–H and O–H groups in total. The summed E-state index contributed by atoms with van der Waals surface area (Å²) < 4.78 is 63.9. The molecule has 0 aliphatic rings. The van der Waals surface area contributed by atoms with E-state index in [-0.39, 0.29) is 56.4 Å². The highest BCUT2D eigenvalue weighted by atomic mass is 127. The van der Waals surface area contributed by atoms with Gasteiger partial charge in [-0.2, -0.15) is 0 Å². The predicted octanol–water partition coefficient (Wildman–Crippen LogP) is 8.15. The van der Waals surface area contributed by atoms with Crippen LogP contribution in [-0.2, 0) is 30.9 Å². The van der Waals surface area contributed by atoms with Crippen LogP contribution in [0.2, 0.25) is 0 Å². The van der Waals surface area contributed by atoms with Crippen molar-refractivity contribution in [2.45, 2.75) is 66.2 Å². The van der Waals surface area contributed by atoms with Gasteiger partial charge in [-0.25, -0.2) is 21.6 Å². The highest BCUT2D eigenvalue weighted by Gasteiger charge is 2.24. The Bertz CT molecular complexity index is 2460. The molecule has 0 bridgehead atoms. The molecule has 17 heteroatoms. The number of benzene rings is 4. The molecule has 0 unspecified atom stereocenters. The normalized spacial score (nSPS) is 11.7. The lowest BCUT2D eigenvalue weighted by molar-refractivity contribution is 0.0695. The van der Waals surface area contributed by atoms with Crippen molar-refractivity contribution in [3.05, 3.63) is 103 Å². The number of methoxy groups -OCH3 is 2. The SMILES string of the molecule is COc1c(NC(=O)c2ccc(C)c(C(=O)O)c2)cc(C(C)(C)C)cc1NS(C)(=O)=O.COc1c(NC(=O)c2ccc(C)c(I)c2)cc(C(C)(C)C)cc1NS(C)(=O)=O. The third-order valence-corrected chi connectivity index (χ3v) is 10.9. The van der Waals surface area contributed by atoms with Crippen molar-refractivity contribution in [1.29, 1.82) is 0 Å². The molecule has 0 spiro atoms. The smallest absolute Gasteiger partial charge is 0.335 e. The summed E-state index contributed by atoms with van der Waals surface area (Å²) in [6.07, 6.45) is 2.09. The van der Waals surface area contributed by atoms with E-state index in [0.29, 0.717) is 16.8 Å². The van der Waals surface area contributed by atoms with E-state index >= 15 is 0 Å². The number of carboxylic acid groups (broad SMARTS) is 1. The number of anilines is 4. The monoisotopic (exact) mass is 950 g/mol. The van der Waals surface area contributed by atoms with Gasteiger partial charge >= 0.3 is 5.97 Å². The van der Waals surface area contributed by atoms with Crippen molar-refractivity contribution in [3.63, 3.8) is 0 Å². The van der Waals surface area contributed by atoms with E-state index in [0.717, 1.165) is 32.8 Å². The minimum atomic E-state index is -3.60. The maximum Gasteiger partial charge on any atom is 0.335 e. The summed E-state index contributed by atoms with van der Waals surface area (Å²) in [5, 5.41) is 14.9. The van der Waals surface area contributed by atoms with Crippen LogP contribution in [0, 0.1) is 17.4 Å². The van der Waals surface area contributed by atoms with Gasteiger partial charge in [-0.15, -0.1) is 0 Å². The van der Waals surface area contributed by atoms with Gasteiger partial charge in [0.15, 0.2) is 11.5 Å². The Morgan fingerprint density at radius 2 is 0.966 bits per heavy atom. The van der Waals surface area contributed by atoms with Crippen LogP contribution in [0.4, 0.5) is 22.7 Å². The fourth-order valence-electron chi connectivity index (χ4n) is 5.42. The standard InChI is InChI=1S/C21H26N2O6S.C20H25IN2O4S/c1-12-7-8-13(9-15(12)20(25)26)19(24)22-16-10-14(21(2,3)4)11-17(18(16)29-5)23-30(6,27)28;1-12-7-8-13(9-15(12)21)19(24)22-16-10-14(20(2,3)4)11-17(18(16)27-5)23-28(6,25)26/h7-11,23H,1-6H3,(H,22,24)(H,25,26);7-11,23H,1-6H3,(H,22,24). The molecule has 4 aromatic carbocycles. The fraction of sp³-hybridized carbons (Fsp3) is 0.341. The van der Waals surface area contributed by atoms with Crippen LogP contribution in [-0.4, -0.2) is 66.5 Å². The number of carbonyl (C=O) groups is 3. The molecular weight excluding hydrogens is 900 g/mol. The molecule has 58 heavy (non-hydrogen) atoms. The number of sulfonamides is 2. The Morgan fingerprint density at radius 3 is 1.29 bits per heavy atom. The molecule has 4 rings (SSSR count). The summed E-state index contributed by atoms with van der Waals surface area (Å²) in [5.41, 5.74) is 4.46. The van der Waals surface area contributed by atoms with Gasteiger partial charge in [-0.05, 0) is 118 Å². The van der Waals surface area contributed by atoms with E-state index in [4.69, 9.17) is 9.47 Å². The lowest BCUT2D eigenvalue weighted by Gasteiger charge is -2.24. The lowest BCUT2D eigenvalue weighted by Crippen LogP contribution is -2.18. The third-order valence-electron chi connectivity index (χ3n) is 8.57. The lowest BCUT2D eigenvalue weighted by atomic mass is 9.86. The van der Waals surface area contributed by atoms with Gasteiger partial charge in [0.05, 0.1) is 55.0 Å². The zero-order valence-corrected chi connectivity index (χ0v) is 38.4. The van der Waals surface area contributed by atoms with Crippen molar-refractivity contribution in [2.24, 2.45) is 0 Å². The van der Waals surface area contributed by atoms with E-state index < -0.39 is 31.9 Å². The van der Waals surface area contributed by atoms with E-state index in [9.17, 15) is 36.3 Å². The first-order valence-electron chi connectivity index (χ1n) is 17.7. The zero-order valence-electron chi connectivity index (χ0n) is 34.6. The van der Waals surface area contributed by atoms with Crippen molar-refractivity contribution < 1.29 is 45.8 Å². The quantitative estimate of drug-likeness (QED) is 0.0913. The number of aromatic carboxylic acids is 1. The second-order valence-corrected chi connectivity index (χ2v) is 20.3. The molecule has 0 aliphatic heterocycles. The van der Waals surface area contributed by atoms with Crippen LogP contribution >= 0.6 is 22.6 Å². The fourth-order valence-corrected chi connectivity index (χ4v) is 7.03. The number of rotatable bonds is 11. The average Bonchev–Trinajstić information content (AvgIpc) is 3.07. The molecule has 0 heterocycles. The van der Waals surface area contributed by atoms with E-state index in [2.05, 4.69) is 42.7 Å². The number of carboxylic acids is 1. The zero-order chi connectivity index (χ0) is 44.1. The largest absolute Gasteiger partial charge is 0.492 e. The molecule has 0 saturated carbocycles. The van der Waals surface area contributed by atoms with Gasteiger partial charge in [-0.1, -0.05) is 53.7 Å². The number of nitrogens with one attached hydrogen (secondary N) is 4. The molecule has 314 valence electrons. The second-order valence-electron chi connectivity index (χ2n) is 15.7. The molecule has 14 nitrogen and oxygen atoms in total. The number of aryl methyl sites for hydroxylation is 2. The molecule has 0 atom stereocenters. The summed E-state index contributed by atoms with van der Waals surface area (Å²) in [7, 11) is -4.32. The first kappa shape index (κ1) is 47.5. The van der Waals surface area contributed by atoms with Crippen LogP contribution in [0.1, 0.15) is 94.9 Å². The maximum absolute atomic E-state index is 12.8. The highest BCUT2D eigenvalue weighted by Crippen LogP contribution is 2.41. The Hall–Kier alpha value is -4.88. The van der Waals surface area contributed by atoms with Crippen molar-refractivity contribution in [1.82, 2.24) is 0 Å². The minimum absolute atomic E-state index is 0.0255. The summed E-state index contributed by atoms with van der Waals surface area (Å²) in [6, 6.07) is 16.7. The average molecular weight is 951 g/mol. The van der Waals surface area contributed by atoms with E-state index in [1.165, 1.54) is 26.4 Å². The van der Waals surface area contributed by atoms with E-state index in [1.54, 1.807) is 43.3 Å². The summed E-state index contributed by atoms with van der Waals surface area (Å²) in [6.45, 7) is 15.5. The Kier molecular flexibility index (Phi) is 15.0. The molecule has 0 radical (unpaired) electrons. The Morgan fingerprint density at radius 1 is 0.603 bits per heavy atom. The van der Waals surface area contributed by atoms with Gasteiger partial charge < -0.3 is 25.2 Å². The summed E-state index contributed by atoms with van der Waals surface area (Å²) >= 11 is 2.18. The number of halogens is 1. The maximum atomic E-state index is 12.8. The van der Waals surface area contributed by atoms with Crippen LogP contribution in [0.3, 0.4) is 0 Å². The third kappa shape index (κ3) is 13.1. The number of hydrogen-bond donors (Lipinski definition) is 5. The van der Waals surface area contributed by atoms with E-state index in [1.807, 2.05) is 60.6 Å². The topological polar surface area (TPSA) is 206 Å². The first-order chi connectivity index (χ1) is 26.5.